The van der Waals surface area contributed by atoms with Crippen LogP contribution in [0.5, 0.6) is 0 Å². The molecule has 0 aromatic heterocycles. The summed E-state index contributed by atoms with van der Waals surface area (Å²) in [5.41, 5.74) is 0. The molecule has 0 radical (unpaired) electrons. The molecule has 0 unspecified atom stereocenters. The minimum absolute atomic E-state index is 0. The number of allylic oxidation sites excluding steroid dienone is 1. The van der Waals surface area contributed by atoms with E-state index in [0.29, 0.717) is 6.61 Å². The summed E-state index contributed by atoms with van der Waals surface area (Å²) in [6, 6.07) is 19.1. The van der Waals surface area contributed by atoms with Gasteiger partial charge in [-0.3, -0.25) is 0 Å². The zero-order valence-electron chi connectivity index (χ0n) is 16.2. The summed E-state index contributed by atoms with van der Waals surface area (Å²) in [6.45, 7) is 0.655. The second-order valence-electron chi connectivity index (χ2n) is 7.05. The molecule has 0 bridgehead atoms. The molecule has 1 fully saturated rings. The first-order valence-electron chi connectivity index (χ1n) is 9.60. The van der Waals surface area contributed by atoms with E-state index in [9.17, 15) is 13.2 Å². The molecule has 0 spiro atoms. The summed E-state index contributed by atoms with van der Waals surface area (Å²) in [5, 5.41) is 2.70. The molecule has 1 nitrogen and oxygen atoms in total. The molecular formula is C24H21ClF3OP. The van der Waals surface area contributed by atoms with Crippen molar-refractivity contribution in [3.05, 3.63) is 102 Å². The summed E-state index contributed by atoms with van der Waals surface area (Å²) >= 11 is 0. The van der Waals surface area contributed by atoms with Crippen molar-refractivity contribution >= 4 is 23.2 Å². The number of halogens is 4. The quantitative estimate of drug-likeness (QED) is 0.557. The Bertz CT molecular complexity index is 883. The lowest BCUT2D eigenvalue weighted by Crippen LogP contribution is -3.00. The molecule has 1 saturated heterocycles. The van der Waals surface area contributed by atoms with E-state index in [0.717, 1.165) is 40.9 Å². The van der Waals surface area contributed by atoms with Gasteiger partial charge in [0, 0.05) is 6.42 Å². The number of hydrogen-bond acceptors (Lipinski definition) is 1. The lowest BCUT2D eigenvalue weighted by Gasteiger charge is -2.26. The van der Waals surface area contributed by atoms with E-state index in [-0.39, 0.29) is 29.9 Å². The molecule has 0 N–H and O–H groups in total. The van der Waals surface area contributed by atoms with Crippen molar-refractivity contribution in [1.82, 2.24) is 0 Å². The first-order valence-corrected chi connectivity index (χ1v) is 11.5. The van der Waals surface area contributed by atoms with E-state index in [1.165, 1.54) is 36.4 Å². The fraction of sp³-hybridized carbons (Fsp3) is 0.167. The topological polar surface area (TPSA) is 9.23 Å². The van der Waals surface area contributed by atoms with Gasteiger partial charge in [-0.15, -0.1) is 0 Å². The predicted octanol–water partition coefficient (Wildman–Crippen LogP) is 2.44. The lowest BCUT2D eigenvalue weighted by molar-refractivity contribution is -0.00000846. The summed E-state index contributed by atoms with van der Waals surface area (Å²) in [7, 11) is -2.47. The number of benzene rings is 3. The number of rotatable bonds is 4. The summed E-state index contributed by atoms with van der Waals surface area (Å²) < 4.78 is 47.1. The smallest absolute Gasteiger partial charge is 0.140 e. The van der Waals surface area contributed by atoms with Crippen molar-refractivity contribution in [1.29, 1.82) is 0 Å². The number of ether oxygens (including phenoxy) is 1. The molecular weight excluding hydrogens is 428 g/mol. The second-order valence-corrected chi connectivity index (χ2v) is 10.3. The summed E-state index contributed by atoms with van der Waals surface area (Å²) in [4.78, 5) is 0. The maximum atomic E-state index is 13.7. The summed E-state index contributed by atoms with van der Waals surface area (Å²) in [5.74, 6) is 2.02. The SMILES string of the molecule is Fc1ccc([P+](C=C2CCCCO2)(c2ccc(F)cc2)c2ccc(F)cc2)cc1.[Cl-]. The van der Waals surface area contributed by atoms with Crippen molar-refractivity contribution in [2.75, 3.05) is 6.61 Å². The van der Waals surface area contributed by atoms with Gasteiger partial charge in [0.1, 0.15) is 52.2 Å². The summed E-state index contributed by atoms with van der Waals surface area (Å²) in [6.07, 6.45) is 2.85. The Morgan fingerprint density at radius 3 is 1.37 bits per heavy atom. The van der Waals surface area contributed by atoms with E-state index in [1.54, 1.807) is 36.4 Å². The largest absolute Gasteiger partial charge is 1.00 e. The Kier molecular flexibility index (Phi) is 7.23. The fourth-order valence-electron chi connectivity index (χ4n) is 3.69. The minimum atomic E-state index is -2.47. The molecule has 30 heavy (non-hydrogen) atoms. The van der Waals surface area contributed by atoms with Crippen LogP contribution in [0, 0.1) is 17.5 Å². The molecule has 0 amide bonds. The van der Waals surface area contributed by atoms with E-state index in [2.05, 4.69) is 5.82 Å². The molecule has 0 saturated carbocycles. The Morgan fingerprint density at radius 1 is 0.633 bits per heavy atom. The third-order valence-corrected chi connectivity index (χ3v) is 9.16. The maximum Gasteiger partial charge on any atom is 0.140 e. The van der Waals surface area contributed by atoms with Gasteiger partial charge < -0.3 is 17.1 Å². The van der Waals surface area contributed by atoms with Crippen LogP contribution in [0.15, 0.2) is 84.4 Å². The highest BCUT2D eigenvalue weighted by molar-refractivity contribution is 7.98. The maximum absolute atomic E-state index is 13.7. The molecule has 1 heterocycles. The highest BCUT2D eigenvalue weighted by Gasteiger charge is 2.45. The normalized spacial score (nSPS) is 15.4. The highest BCUT2D eigenvalue weighted by atomic mass is 35.5. The van der Waals surface area contributed by atoms with Crippen molar-refractivity contribution in [3.63, 3.8) is 0 Å². The van der Waals surface area contributed by atoms with Gasteiger partial charge >= 0.3 is 0 Å². The van der Waals surface area contributed by atoms with Crippen molar-refractivity contribution in [3.8, 4) is 0 Å². The number of hydrogen-bond donors (Lipinski definition) is 0. The van der Waals surface area contributed by atoms with Crippen LogP contribution in [0.1, 0.15) is 19.3 Å². The molecule has 0 aliphatic carbocycles. The van der Waals surface area contributed by atoms with Crippen molar-refractivity contribution < 1.29 is 30.3 Å². The van der Waals surface area contributed by atoms with Crippen LogP contribution in [0.4, 0.5) is 13.2 Å². The Balaban J connectivity index is 0.00000256. The first-order chi connectivity index (χ1) is 14.1. The molecule has 4 rings (SSSR count). The zero-order chi connectivity index (χ0) is 20.3. The molecule has 1 aliphatic heterocycles. The average molecular weight is 449 g/mol. The van der Waals surface area contributed by atoms with Crippen LogP contribution in [0.25, 0.3) is 0 Å². The fourth-order valence-corrected chi connectivity index (χ4v) is 7.53. The third-order valence-electron chi connectivity index (χ3n) is 5.14. The van der Waals surface area contributed by atoms with Gasteiger partial charge in [0.05, 0.1) is 6.61 Å². The van der Waals surface area contributed by atoms with Gasteiger partial charge in [-0.2, -0.15) is 0 Å². The molecule has 3 aromatic rings. The van der Waals surface area contributed by atoms with E-state index >= 15 is 0 Å². The molecule has 3 aromatic carbocycles. The van der Waals surface area contributed by atoms with Crippen LogP contribution >= 0.6 is 7.26 Å². The van der Waals surface area contributed by atoms with Crippen LogP contribution < -0.4 is 28.3 Å². The van der Waals surface area contributed by atoms with Gasteiger partial charge in [-0.05, 0) is 85.6 Å². The van der Waals surface area contributed by atoms with E-state index in [1.807, 2.05) is 0 Å². The predicted molar refractivity (Wildman–Crippen MR) is 113 cm³/mol. The average Bonchev–Trinajstić information content (AvgIpc) is 2.75. The monoisotopic (exact) mass is 448 g/mol. The van der Waals surface area contributed by atoms with Crippen LogP contribution in [-0.4, -0.2) is 6.61 Å². The second kappa shape index (κ2) is 9.68. The van der Waals surface area contributed by atoms with Gasteiger partial charge in [0.2, 0.25) is 0 Å². The van der Waals surface area contributed by atoms with Gasteiger partial charge in [-0.1, -0.05) is 0 Å². The van der Waals surface area contributed by atoms with E-state index < -0.39 is 7.26 Å². The van der Waals surface area contributed by atoms with E-state index in [4.69, 9.17) is 4.74 Å². The van der Waals surface area contributed by atoms with Gasteiger partial charge in [0.15, 0.2) is 0 Å². The zero-order valence-corrected chi connectivity index (χ0v) is 17.9. The minimum Gasteiger partial charge on any atom is -1.00 e. The Hall–Kier alpha value is -2.29. The Morgan fingerprint density at radius 2 is 1.03 bits per heavy atom. The molecule has 1 aliphatic rings. The lowest BCUT2D eigenvalue weighted by atomic mass is 10.2. The highest BCUT2D eigenvalue weighted by Crippen LogP contribution is 2.58. The first kappa shape index (κ1) is 22.4. The van der Waals surface area contributed by atoms with Crippen LogP contribution in [0.3, 0.4) is 0 Å². The third kappa shape index (κ3) is 4.55. The van der Waals surface area contributed by atoms with Crippen LogP contribution in [-0.2, 0) is 4.74 Å². The standard InChI is InChI=1S/C24H21F3OP.ClH/c25-18-4-10-22(11-5-18)29(17-21-3-1-2-16-28-21,23-12-6-19(26)7-13-23)24-14-8-20(27)9-15-24;/h4-15,17H,1-3,16H2;1H/q+1;/p-1. The Labute approximate surface area is 181 Å². The van der Waals surface area contributed by atoms with Gasteiger partial charge in [-0.25, -0.2) is 13.2 Å². The molecule has 0 atom stereocenters. The van der Waals surface area contributed by atoms with Crippen molar-refractivity contribution in [2.24, 2.45) is 0 Å². The van der Waals surface area contributed by atoms with Crippen LogP contribution in [0.2, 0.25) is 0 Å². The molecule has 6 heteroatoms. The molecule has 156 valence electrons. The van der Waals surface area contributed by atoms with Gasteiger partial charge in [0.25, 0.3) is 0 Å². The van der Waals surface area contributed by atoms with Crippen molar-refractivity contribution in [2.45, 2.75) is 19.3 Å².